The van der Waals surface area contributed by atoms with E-state index in [1.807, 2.05) is 13.0 Å². The molecular weight excluding hydrogens is 294 g/mol. The summed E-state index contributed by atoms with van der Waals surface area (Å²) in [4.78, 5) is 26.3. The van der Waals surface area contributed by atoms with Crippen LogP contribution in [0.4, 0.5) is 0 Å². The number of carbonyl (C=O) groups is 2. The lowest BCUT2D eigenvalue weighted by Crippen LogP contribution is -2.49. The van der Waals surface area contributed by atoms with E-state index in [9.17, 15) is 9.59 Å². The van der Waals surface area contributed by atoms with Crippen LogP contribution in [0.5, 0.6) is 0 Å². The highest BCUT2D eigenvalue weighted by molar-refractivity contribution is 5.81. The quantitative estimate of drug-likeness (QED) is 0.743. The largest absolute Gasteiger partial charge is 0.467 e. The first-order valence-corrected chi connectivity index (χ1v) is 8.04. The Hall–Kier alpha value is -2.08. The molecule has 1 atom stereocenters. The van der Waals surface area contributed by atoms with Crippen LogP contribution >= 0.6 is 0 Å². The molecule has 1 aromatic heterocycles. The summed E-state index contributed by atoms with van der Waals surface area (Å²) in [5.74, 6) is 0.823. The smallest absolute Gasteiger partial charge is 0.237 e. The fourth-order valence-corrected chi connectivity index (χ4v) is 2.77. The summed E-state index contributed by atoms with van der Waals surface area (Å²) in [6, 6.07) is 3.47. The molecule has 0 unspecified atom stereocenters. The van der Waals surface area contributed by atoms with Gasteiger partial charge in [0, 0.05) is 12.5 Å². The molecule has 1 saturated heterocycles. The Bertz CT molecular complexity index is 519. The summed E-state index contributed by atoms with van der Waals surface area (Å²) in [6.07, 6.45) is 4.80. The van der Waals surface area contributed by atoms with Gasteiger partial charge in [-0.15, -0.1) is 6.58 Å². The Labute approximate surface area is 136 Å². The molecule has 0 radical (unpaired) electrons. The summed E-state index contributed by atoms with van der Waals surface area (Å²) in [6.45, 7) is 7.90. The summed E-state index contributed by atoms with van der Waals surface area (Å²) in [5, 5.41) is 5.72. The van der Waals surface area contributed by atoms with Gasteiger partial charge in [-0.05, 0) is 45.0 Å². The second kappa shape index (κ2) is 8.53. The summed E-state index contributed by atoms with van der Waals surface area (Å²) in [5.41, 5.74) is 0. The maximum atomic E-state index is 12.2. The SMILES string of the molecule is C=CCNC(=O)[C@@H](C)N1CCC(C(=O)NCc2ccco2)CC1. The number of nitrogens with one attached hydrogen (secondary N) is 2. The highest BCUT2D eigenvalue weighted by atomic mass is 16.3. The van der Waals surface area contributed by atoms with Crippen molar-refractivity contribution in [3.05, 3.63) is 36.8 Å². The minimum atomic E-state index is -0.179. The predicted molar refractivity (Wildman–Crippen MR) is 87.5 cm³/mol. The third-order valence-corrected chi connectivity index (χ3v) is 4.27. The minimum absolute atomic E-state index is 0.00430. The molecule has 6 nitrogen and oxygen atoms in total. The second-order valence-corrected chi connectivity index (χ2v) is 5.82. The maximum Gasteiger partial charge on any atom is 0.237 e. The first-order chi connectivity index (χ1) is 11.1. The van der Waals surface area contributed by atoms with Gasteiger partial charge in [0.05, 0.1) is 18.8 Å². The fourth-order valence-electron chi connectivity index (χ4n) is 2.77. The Kier molecular flexibility index (Phi) is 6.40. The van der Waals surface area contributed by atoms with Crippen molar-refractivity contribution in [1.82, 2.24) is 15.5 Å². The molecule has 2 rings (SSSR count). The van der Waals surface area contributed by atoms with Gasteiger partial charge in [0.25, 0.3) is 0 Å². The van der Waals surface area contributed by atoms with Gasteiger partial charge in [-0.2, -0.15) is 0 Å². The molecule has 1 aliphatic rings. The van der Waals surface area contributed by atoms with Crippen LogP contribution in [-0.2, 0) is 16.1 Å². The third-order valence-electron chi connectivity index (χ3n) is 4.27. The van der Waals surface area contributed by atoms with Gasteiger partial charge >= 0.3 is 0 Å². The van der Waals surface area contributed by atoms with Crippen LogP contribution in [0.15, 0.2) is 35.5 Å². The van der Waals surface area contributed by atoms with Crippen molar-refractivity contribution >= 4 is 11.8 Å². The normalized spacial score (nSPS) is 17.4. The molecule has 0 bridgehead atoms. The van der Waals surface area contributed by atoms with Gasteiger partial charge in [0.1, 0.15) is 5.76 Å². The standard InChI is InChI=1S/C17H25N3O3/c1-3-8-18-16(21)13(2)20-9-6-14(7-10-20)17(22)19-12-15-5-4-11-23-15/h3-5,11,13-14H,1,6-10,12H2,2H3,(H,18,21)(H,19,22)/t13-/m1/s1. The molecular formula is C17H25N3O3. The van der Waals surface area contributed by atoms with Crippen molar-refractivity contribution < 1.29 is 14.0 Å². The van der Waals surface area contributed by atoms with Crippen LogP contribution in [0.1, 0.15) is 25.5 Å². The number of carbonyl (C=O) groups excluding carboxylic acids is 2. The van der Waals surface area contributed by atoms with Crippen molar-refractivity contribution in [2.45, 2.75) is 32.4 Å². The maximum absolute atomic E-state index is 12.2. The van der Waals surface area contributed by atoms with Gasteiger partial charge in [-0.3, -0.25) is 14.5 Å². The minimum Gasteiger partial charge on any atom is -0.467 e. The second-order valence-electron chi connectivity index (χ2n) is 5.82. The number of amides is 2. The monoisotopic (exact) mass is 319 g/mol. The fraction of sp³-hybridized carbons (Fsp3) is 0.529. The van der Waals surface area contributed by atoms with Gasteiger partial charge in [0.2, 0.25) is 11.8 Å². The molecule has 126 valence electrons. The van der Waals surface area contributed by atoms with E-state index in [-0.39, 0.29) is 23.8 Å². The molecule has 0 spiro atoms. The van der Waals surface area contributed by atoms with Crippen LogP contribution in [0.3, 0.4) is 0 Å². The van der Waals surface area contributed by atoms with Crippen LogP contribution < -0.4 is 10.6 Å². The lowest BCUT2D eigenvalue weighted by molar-refractivity contribution is -0.128. The average Bonchev–Trinajstić information content (AvgIpc) is 3.10. The molecule has 0 saturated carbocycles. The molecule has 0 aromatic carbocycles. The van der Waals surface area contributed by atoms with E-state index in [2.05, 4.69) is 22.1 Å². The third kappa shape index (κ3) is 4.96. The van der Waals surface area contributed by atoms with Gasteiger partial charge < -0.3 is 15.1 Å². The average molecular weight is 319 g/mol. The zero-order chi connectivity index (χ0) is 16.7. The molecule has 23 heavy (non-hydrogen) atoms. The number of piperidine rings is 1. The highest BCUT2D eigenvalue weighted by Crippen LogP contribution is 2.19. The van der Waals surface area contributed by atoms with Gasteiger partial charge in [-0.25, -0.2) is 0 Å². The van der Waals surface area contributed by atoms with E-state index in [0.29, 0.717) is 13.1 Å². The van der Waals surface area contributed by atoms with Crippen molar-refractivity contribution in [3.8, 4) is 0 Å². The van der Waals surface area contributed by atoms with Gasteiger partial charge in [-0.1, -0.05) is 6.08 Å². The van der Waals surface area contributed by atoms with Crippen molar-refractivity contribution in [1.29, 1.82) is 0 Å². The first-order valence-electron chi connectivity index (χ1n) is 8.04. The van der Waals surface area contributed by atoms with E-state index in [4.69, 9.17) is 4.42 Å². The van der Waals surface area contributed by atoms with E-state index < -0.39 is 0 Å². The molecule has 2 amide bonds. The summed E-state index contributed by atoms with van der Waals surface area (Å²) < 4.78 is 5.20. The number of likely N-dealkylation sites (tertiary alicyclic amines) is 1. The molecule has 6 heteroatoms. The van der Waals surface area contributed by atoms with Crippen molar-refractivity contribution in [2.75, 3.05) is 19.6 Å². The Balaban J connectivity index is 1.73. The summed E-state index contributed by atoms with van der Waals surface area (Å²) in [7, 11) is 0. The Morgan fingerprint density at radius 1 is 1.43 bits per heavy atom. The lowest BCUT2D eigenvalue weighted by Gasteiger charge is -2.34. The molecule has 1 aliphatic heterocycles. The predicted octanol–water partition coefficient (Wildman–Crippen LogP) is 1.30. The van der Waals surface area contributed by atoms with Crippen LogP contribution in [0, 0.1) is 5.92 Å². The molecule has 2 heterocycles. The van der Waals surface area contributed by atoms with E-state index in [1.165, 1.54) is 0 Å². The Morgan fingerprint density at radius 2 is 2.17 bits per heavy atom. The topological polar surface area (TPSA) is 74.6 Å². The first kappa shape index (κ1) is 17.3. The van der Waals surface area contributed by atoms with Crippen LogP contribution in [0.2, 0.25) is 0 Å². The van der Waals surface area contributed by atoms with E-state index in [1.54, 1.807) is 18.4 Å². The number of furan rings is 1. The molecule has 0 aliphatic carbocycles. The molecule has 2 N–H and O–H groups in total. The van der Waals surface area contributed by atoms with Crippen molar-refractivity contribution in [3.63, 3.8) is 0 Å². The van der Waals surface area contributed by atoms with E-state index in [0.717, 1.165) is 31.7 Å². The van der Waals surface area contributed by atoms with E-state index >= 15 is 0 Å². The van der Waals surface area contributed by atoms with Gasteiger partial charge in [0.15, 0.2) is 0 Å². The summed E-state index contributed by atoms with van der Waals surface area (Å²) >= 11 is 0. The lowest BCUT2D eigenvalue weighted by atomic mass is 9.95. The number of rotatable bonds is 7. The number of hydrogen-bond acceptors (Lipinski definition) is 4. The zero-order valence-corrected chi connectivity index (χ0v) is 13.6. The van der Waals surface area contributed by atoms with Crippen LogP contribution in [0.25, 0.3) is 0 Å². The van der Waals surface area contributed by atoms with Crippen LogP contribution in [-0.4, -0.2) is 42.4 Å². The number of nitrogens with zero attached hydrogens (tertiary/aromatic N) is 1. The molecule has 1 fully saturated rings. The van der Waals surface area contributed by atoms with Crippen molar-refractivity contribution in [2.24, 2.45) is 5.92 Å². The molecule has 1 aromatic rings. The zero-order valence-electron chi connectivity index (χ0n) is 13.6. The Morgan fingerprint density at radius 3 is 2.78 bits per heavy atom. The highest BCUT2D eigenvalue weighted by Gasteiger charge is 2.29. The number of hydrogen-bond donors (Lipinski definition) is 2.